The van der Waals surface area contributed by atoms with Gasteiger partial charge in [0.15, 0.2) is 0 Å². The zero-order valence-corrected chi connectivity index (χ0v) is 19.0. The van der Waals surface area contributed by atoms with Crippen LogP contribution in [0.1, 0.15) is 57.7 Å². The number of benzene rings is 1. The fourth-order valence-corrected chi connectivity index (χ4v) is 4.08. The average Bonchev–Trinajstić information content (AvgIpc) is 3.31. The molecule has 1 N–H and O–H groups in total. The minimum atomic E-state index is -0.457. The Morgan fingerprint density at radius 2 is 2.00 bits per heavy atom. The summed E-state index contributed by atoms with van der Waals surface area (Å²) in [5.41, 5.74) is 3.54. The topological polar surface area (TPSA) is 59.4 Å². The summed E-state index contributed by atoms with van der Waals surface area (Å²) in [6.07, 6.45) is 8.42. The molecule has 2 fully saturated rings. The second-order valence-corrected chi connectivity index (χ2v) is 9.68. The SMILES string of the molecule is CC/C(=C\c1ccccc1)[C@@H]1CC1NCc1cnn(C2CN(C(=O)OC(C)(C)C)C2)c1. The van der Waals surface area contributed by atoms with Crippen molar-refractivity contribution in [3.63, 3.8) is 0 Å². The van der Waals surface area contributed by atoms with E-state index in [1.54, 1.807) is 4.90 Å². The van der Waals surface area contributed by atoms with E-state index in [1.165, 1.54) is 23.1 Å². The molecule has 6 nitrogen and oxygen atoms in total. The molecule has 2 aromatic rings. The van der Waals surface area contributed by atoms with Gasteiger partial charge in [0.2, 0.25) is 0 Å². The van der Waals surface area contributed by atoms with Crippen LogP contribution >= 0.6 is 0 Å². The van der Waals surface area contributed by atoms with Crippen LogP contribution in [0.2, 0.25) is 0 Å². The number of nitrogens with zero attached hydrogens (tertiary/aromatic N) is 3. The smallest absolute Gasteiger partial charge is 0.410 e. The molecule has 0 radical (unpaired) electrons. The number of likely N-dealkylation sites (tertiary alicyclic amines) is 1. The molecule has 2 aliphatic rings. The second-order valence-electron chi connectivity index (χ2n) is 9.68. The Bertz CT molecular complexity index is 922. The van der Waals surface area contributed by atoms with E-state index in [9.17, 15) is 4.79 Å². The molecule has 1 aromatic carbocycles. The van der Waals surface area contributed by atoms with Crippen molar-refractivity contribution >= 4 is 12.2 Å². The summed E-state index contributed by atoms with van der Waals surface area (Å²) in [6, 6.07) is 11.4. The van der Waals surface area contributed by atoms with Crippen molar-refractivity contribution in [3.8, 4) is 0 Å². The van der Waals surface area contributed by atoms with Crippen LogP contribution in [-0.4, -0.2) is 45.5 Å². The van der Waals surface area contributed by atoms with Crippen LogP contribution in [0.4, 0.5) is 4.79 Å². The summed E-state index contributed by atoms with van der Waals surface area (Å²) >= 11 is 0. The summed E-state index contributed by atoms with van der Waals surface area (Å²) in [4.78, 5) is 13.8. The maximum absolute atomic E-state index is 12.1. The summed E-state index contributed by atoms with van der Waals surface area (Å²) in [7, 11) is 0. The van der Waals surface area contributed by atoms with E-state index in [2.05, 4.69) is 59.9 Å². The van der Waals surface area contributed by atoms with E-state index >= 15 is 0 Å². The highest BCUT2D eigenvalue weighted by molar-refractivity contribution is 5.69. The third-order valence-corrected chi connectivity index (χ3v) is 5.94. The first-order valence-corrected chi connectivity index (χ1v) is 11.3. The van der Waals surface area contributed by atoms with Crippen LogP contribution < -0.4 is 5.32 Å². The number of ether oxygens (including phenoxy) is 1. The quantitative estimate of drug-likeness (QED) is 0.706. The third kappa shape index (κ3) is 5.56. The molecule has 1 unspecified atom stereocenters. The predicted octanol–water partition coefficient (Wildman–Crippen LogP) is 4.65. The van der Waals surface area contributed by atoms with Crippen LogP contribution in [0.3, 0.4) is 0 Å². The monoisotopic (exact) mass is 422 g/mol. The lowest BCUT2D eigenvalue weighted by atomic mass is 10.0. The highest BCUT2D eigenvalue weighted by Crippen LogP contribution is 2.40. The summed E-state index contributed by atoms with van der Waals surface area (Å²) in [5.74, 6) is 0.634. The molecule has 31 heavy (non-hydrogen) atoms. The molecule has 1 aliphatic carbocycles. The van der Waals surface area contributed by atoms with Crippen molar-refractivity contribution in [1.82, 2.24) is 20.0 Å². The molecule has 1 saturated carbocycles. The minimum Gasteiger partial charge on any atom is -0.444 e. The van der Waals surface area contributed by atoms with Gasteiger partial charge in [-0.15, -0.1) is 0 Å². The molecular weight excluding hydrogens is 388 g/mol. The number of hydrogen-bond acceptors (Lipinski definition) is 4. The minimum absolute atomic E-state index is 0.232. The van der Waals surface area contributed by atoms with Crippen molar-refractivity contribution < 1.29 is 9.53 Å². The molecule has 0 bridgehead atoms. The first-order valence-electron chi connectivity index (χ1n) is 11.3. The Morgan fingerprint density at radius 1 is 1.26 bits per heavy atom. The van der Waals surface area contributed by atoms with E-state index in [0.717, 1.165) is 13.0 Å². The molecule has 166 valence electrons. The summed E-state index contributed by atoms with van der Waals surface area (Å²) in [5, 5.41) is 8.20. The van der Waals surface area contributed by atoms with E-state index in [4.69, 9.17) is 4.74 Å². The molecule has 1 saturated heterocycles. The van der Waals surface area contributed by atoms with Gasteiger partial charge in [-0.2, -0.15) is 5.10 Å². The number of rotatable bonds is 7. The lowest BCUT2D eigenvalue weighted by molar-refractivity contribution is -0.000396. The Hall–Kier alpha value is -2.60. The molecule has 0 spiro atoms. The maximum atomic E-state index is 12.1. The molecule has 2 heterocycles. The van der Waals surface area contributed by atoms with Crippen LogP contribution in [0, 0.1) is 5.92 Å². The Labute approximate surface area is 185 Å². The second kappa shape index (κ2) is 8.87. The van der Waals surface area contributed by atoms with Crippen LogP contribution in [0.25, 0.3) is 6.08 Å². The number of carbonyl (C=O) groups is 1. The number of aromatic nitrogens is 2. The zero-order chi connectivity index (χ0) is 22.0. The fraction of sp³-hybridized carbons (Fsp3) is 0.520. The van der Waals surface area contributed by atoms with Crippen molar-refractivity contribution in [2.45, 2.75) is 64.8 Å². The van der Waals surface area contributed by atoms with Gasteiger partial charge in [-0.3, -0.25) is 4.68 Å². The first kappa shape index (κ1) is 21.6. The fourth-order valence-electron chi connectivity index (χ4n) is 4.08. The molecule has 4 rings (SSSR count). The Kier molecular flexibility index (Phi) is 6.19. The lowest BCUT2D eigenvalue weighted by Gasteiger charge is -2.39. The number of nitrogens with one attached hydrogen (secondary N) is 1. The molecule has 1 aliphatic heterocycles. The van der Waals surface area contributed by atoms with Gasteiger partial charge in [0.1, 0.15) is 5.60 Å². The van der Waals surface area contributed by atoms with Gasteiger partial charge in [-0.25, -0.2) is 4.79 Å². The normalized spacial score (nSPS) is 21.7. The van der Waals surface area contributed by atoms with Crippen molar-refractivity contribution in [1.29, 1.82) is 0 Å². The first-order chi connectivity index (χ1) is 14.8. The van der Waals surface area contributed by atoms with Crippen molar-refractivity contribution in [2.75, 3.05) is 13.1 Å². The van der Waals surface area contributed by atoms with Crippen molar-refractivity contribution in [3.05, 3.63) is 59.4 Å². The largest absolute Gasteiger partial charge is 0.444 e. The molecule has 1 aromatic heterocycles. The highest BCUT2D eigenvalue weighted by Gasteiger charge is 2.39. The number of amides is 1. The van der Waals surface area contributed by atoms with E-state index < -0.39 is 5.60 Å². The van der Waals surface area contributed by atoms with Gasteiger partial charge in [-0.05, 0) is 45.1 Å². The van der Waals surface area contributed by atoms with E-state index in [0.29, 0.717) is 25.0 Å². The molecule has 6 heteroatoms. The summed E-state index contributed by atoms with van der Waals surface area (Å²) < 4.78 is 7.40. The van der Waals surface area contributed by atoms with Gasteiger partial charge < -0.3 is 15.0 Å². The highest BCUT2D eigenvalue weighted by atomic mass is 16.6. The Balaban J connectivity index is 1.23. The van der Waals surface area contributed by atoms with Crippen LogP contribution in [-0.2, 0) is 11.3 Å². The van der Waals surface area contributed by atoms with Gasteiger partial charge >= 0.3 is 6.09 Å². The Morgan fingerprint density at radius 3 is 2.68 bits per heavy atom. The van der Waals surface area contributed by atoms with Gasteiger partial charge in [0, 0.05) is 37.4 Å². The van der Waals surface area contributed by atoms with E-state index in [-0.39, 0.29) is 12.1 Å². The standard InChI is InChI=1S/C25H34N4O2/c1-5-20(11-18-9-7-6-8-10-18)22-12-23(22)26-13-19-14-27-29(15-19)21-16-28(17-21)24(30)31-25(2,3)4/h6-11,14-15,21-23,26H,5,12-13,16-17H2,1-4H3/b20-11+/t22-,23?/m0/s1. The van der Waals surface area contributed by atoms with E-state index in [1.807, 2.05) is 31.6 Å². The lowest BCUT2D eigenvalue weighted by Crippen LogP contribution is -2.52. The van der Waals surface area contributed by atoms with Gasteiger partial charge in [0.25, 0.3) is 0 Å². The number of carbonyl (C=O) groups excluding carboxylic acids is 1. The maximum Gasteiger partial charge on any atom is 0.410 e. The zero-order valence-electron chi connectivity index (χ0n) is 19.0. The van der Waals surface area contributed by atoms with Gasteiger partial charge in [0.05, 0.1) is 12.2 Å². The predicted molar refractivity (Wildman–Crippen MR) is 123 cm³/mol. The van der Waals surface area contributed by atoms with Gasteiger partial charge in [-0.1, -0.05) is 48.9 Å². The van der Waals surface area contributed by atoms with Crippen LogP contribution in [0.5, 0.6) is 0 Å². The third-order valence-electron chi connectivity index (χ3n) is 5.94. The average molecular weight is 423 g/mol. The molecule has 2 atom stereocenters. The van der Waals surface area contributed by atoms with Crippen LogP contribution in [0.15, 0.2) is 48.3 Å². The molecular formula is C25H34N4O2. The summed E-state index contributed by atoms with van der Waals surface area (Å²) in [6.45, 7) is 10.0. The molecule has 1 amide bonds. The number of hydrogen-bond donors (Lipinski definition) is 1. The van der Waals surface area contributed by atoms with Crippen molar-refractivity contribution in [2.24, 2.45) is 5.92 Å².